The normalized spacial score (nSPS) is 32.2. The van der Waals surface area contributed by atoms with E-state index >= 15 is 0 Å². The van der Waals surface area contributed by atoms with E-state index < -0.39 is 0 Å². The van der Waals surface area contributed by atoms with E-state index in [9.17, 15) is 10.1 Å². The van der Waals surface area contributed by atoms with Crippen molar-refractivity contribution in [2.24, 2.45) is 5.92 Å². The minimum Gasteiger partial charge on any atom is -0.393 e. The standard InChI is InChI=1S/C15H21N3O2/c1-2-12-5-3-11(8-15(12)9-17-15)10-4-6-13(16)14(7-10)18(19)20/h4,6-7,11-12,17H,2-3,5,8-9,16H2,1H3. The fraction of sp³-hybridized carbons (Fsp3) is 0.600. The lowest BCUT2D eigenvalue weighted by Gasteiger charge is -2.35. The zero-order chi connectivity index (χ0) is 14.3. The van der Waals surface area contributed by atoms with E-state index in [-0.39, 0.29) is 16.3 Å². The Morgan fingerprint density at radius 3 is 2.85 bits per heavy atom. The Morgan fingerprint density at radius 2 is 2.25 bits per heavy atom. The molecular weight excluding hydrogens is 254 g/mol. The Morgan fingerprint density at radius 1 is 1.50 bits per heavy atom. The van der Waals surface area contributed by atoms with Crippen LogP contribution in [0.15, 0.2) is 18.2 Å². The van der Waals surface area contributed by atoms with Gasteiger partial charge in [-0.25, -0.2) is 0 Å². The molecule has 1 aliphatic heterocycles. The highest BCUT2D eigenvalue weighted by molar-refractivity contribution is 5.59. The summed E-state index contributed by atoms with van der Waals surface area (Å²) >= 11 is 0. The largest absolute Gasteiger partial charge is 0.393 e. The van der Waals surface area contributed by atoms with Gasteiger partial charge >= 0.3 is 0 Å². The molecule has 3 atom stereocenters. The third-order valence-electron chi connectivity index (χ3n) is 5.10. The van der Waals surface area contributed by atoms with Crippen LogP contribution in [0.1, 0.15) is 44.1 Å². The van der Waals surface area contributed by atoms with Crippen LogP contribution in [0.4, 0.5) is 11.4 Å². The van der Waals surface area contributed by atoms with Crippen molar-refractivity contribution in [1.82, 2.24) is 5.32 Å². The van der Waals surface area contributed by atoms with E-state index in [0.717, 1.165) is 30.9 Å². The van der Waals surface area contributed by atoms with Gasteiger partial charge in [0.15, 0.2) is 0 Å². The molecule has 1 aromatic carbocycles. The summed E-state index contributed by atoms with van der Waals surface area (Å²) in [6.45, 7) is 3.35. The predicted octanol–water partition coefficient (Wildman–Crippen LogP) is 2.81. The van der Waals surface area contributed by atoms with Gasteiger partial charge in [0, 0.05) is 18.2 Å². The topological polar surface area (TPSA) is 91.1 Å². The summed E-state index contributed by atoms with van der Waals surface area (Å²) < 4.78 is 0. The number of nitro groups is 1. The molecular formula is C15H21N3O2. The van der Waals surface area contributed by atoms with Crippen LogP contribution < -0.4 is 11.1 Å². The number of nitrogens with two attached hydrogens (primary N) is 1. The van der Waals surface area contributed by atoms with Crippen LogP contribution in [0, 0.1) is 16.0 Å². The van der Waals surface area contributed by atoms with Crippen molar-refractivity contribution < 1.29 is 4.92 Å². The third kappa shape index (κ3) is 2.16. The smallest absolute Gasteiger partial charge is 0.292 e. The van der Waals surface area contributed by atoms with E-state index in [0.29, 0.717) is 11.5 Å². The second kappa shape index (κ2) is 4.74. The molecule has 0 radical (unpaired) electrons. The summed E-state index contributed by atoms with van der Waals surface area (Å²) in [5.41, 5.74) is 7.33. The highest BCUT2D eigenvalue weighted by Gasteiger charge is 2.51. The molecule has 3 unspecified atom stereocenters. The maximum Gasteiger partial charge on any atom is 0.292 e. The molecule has 20 heavy (non-hydrogen) atoms. The average Bonchev–Trinajstić information content (AvgIpc) is 3.19. The van der Waals surface area contributed by atoms with E-state index in [1.54, 1.807) is 12.1 Å². The molecule has 5 heteroatoms. The number of nitrogens with one attached hydrogen (secondary N) is 1. The Labute approximate surface area is 118 Å². The lowest BCUT2D eigenvalue weighted by Crippen LogP contribution is -2.34. The second-order valence-corrected chi connectivity index (χ2v) is 6.17. The van der Waals surface area contributed by atoms with Crippen LogP contribution in [-0.4, -0.2) is 17.0 Å². The van der Waals surface area contributed by atoms with Crippen LogP contribution in [-0.2, 0) is 0 Å². The van der Waals surface area contributed by atoms with E-state index in [1.165, 1.54) is 12.8 Å². The molecule has 0 aromatic heterocycles. The van der Waals surface area contributed by atoms with Crippen molar-refractivity contribution in [2.45, 2.75) is 44.1 Å². The zero-order valence-electron chi connectivity index (χ0n) is 11.8. The molecule has 1 heterocycles. The number of anilines is 1. The van der Waals surface area contributed by atoms with Gasteiger partial charge in [0.25, 0.3) is 5.69 Å². The number of nitrogens with zero attached hydrogens (tertiary/aromatic N) is 1. The number of rotatable bonds is 3. The fourth-order valence-corrected chi connectivity index (χ4v) is 3.79. The van der Waals surface area contributed by atoms with Gasteiger partial charge in [0.1, 0.15) is 5.69 Å². The van der Waals surface area contributed by atoms with Gasteiger partial charge in [-0.3, -0.25) is 10.1 Å². The Kier molecular flexibility index (Phi) is 3.17. The average molecular weight is 275 g/mol. The van der Waals surface area contributed by atoms with Crippen LogP contribution in [0.25, 0.3) is 0 Å². The first-order valence-corrected chi connectivity index (χ1v) is 7.34. The number of nitrogen functional groups attached to an aromatic ring is 1. The highest BCUT2D eigenvalue weighted by Crippen LogP contribution is 2.48. The summed E-state index contributed by atoms with van der Waals surface area (Å²) in [6, 6.07) is 5.30. The fourth-order valence-electron chi connectivity index (χ4n) is 3.79. The Balaban J connectivity index is 1.84. The first-order valence-electron chi connectivity index (χ1n) is 7.34. The SMILES string of the molecule is CCC1CCC(c2ccc(N)c([N+](=O)[O-])c2)CC12CN2. The minimum absolute atomic E-state index is 0.0397. The zero-order valence-corrected chi connectivity index (χ0v) is 11.8. The van der Waals surface area contributed by atoms with Gasteiger partial charge < -0.3 is 11.1 Å². The predicted molar refractivity (Wildman–Crippen MR) is 78.6 cm³/mol. The molecule has 5 nitrogen and oxygen atoms in total. The van der Waals surface area contributed by atoms with E-state index in [2.05, 4.69) is 12.2 Å². The molecule has 2 fully saturated rings. The molecule has 0 bridgehead atoms. The number of benzene rings is 1. The lowest BCUT2D eigenvalue weighted by atomic mass is 9.70. The number of hydrogen-bond acceptors (Lipinski definition) is 4. The molecule has 3 N–H and O–H groups in total. The summed E-state index contributed by atoms with van der Waals surface area (Å²) in [5.74, 6) is 1.16. The van der Waals surface area contributed by atoms with Crippen molar-refractivity contribution in [2.75, 3.05) is 12.3 Å². The van der Waals surface area contributed by atoms with E-state index in [4.69, 9.17) is 5.73 Å². The van der Waals surface area contributed by atoms with Crippen molar-refractivity contribution in [3.8, 4) is 0 Å². The first kappa shape index (κ1) is 13.4. The monoisotopic (exact) mass is 275 g/mol. The van der Waals surface area contributed by atoms with Crippen LogP contribution >= 0.6 is 0 Å². The third-order valence-corrected chi connectivity index (χ3v) is 5.10. The maximum atomic E-state index is 11.0. The van der Waals surface area contributed by atoms with Crippen LogP contribution in [0.5, 0.6) is 0 Å². The summed E-state index contributed by atoms with van der Waals surface area (Å²) in [7, 11) is 0. The van der Waals surface area contributed by atoms with Gasteiger partial charge in [0.05, 0.1) is 4.92 Å². The van der Waals surface area contributed by atoms with Crippen molar-refractivity contribution in [3.05, 3.63) is 33.9 Å². The second-order valence-electron chi connectivity index (χ2n) is 6.17. The van der Waals surface area contributed by atoms with Crippen LogP contribution in [0.3, 0.4) is 0 Å². The first-order chi connectivity index (χ1) is 9.55. The maximum absolute atomic E-state index is 11.0. The molecule has 1 spiro atoms. The molecule has 1 saturated heterocycles. The van der Waals surface area contributed by atoms with Crippen molar-refractivity contribution >= 4 is 11.4 Å². The Bertz CT molecular complexity index is 540. The van der Waals surface area contributed by atoms with Gasteiger partial charge in [-0.15, -0.1) is 0 Å². The van der Waals surface area contributed by atoms with Crippen molar-refractivity contribution in [3.63, 3.8) is 0 Å². The highest BCUT2D eigenvalue weighted by atomic mass is 16.6. The number of hydrogen-bond donors (Lipinski definition) is 2. The van der Waals surface area contributed by atoms with Gasteiger partial charge in [0.2, 0.25) is 0 Å². The Hall–Kier alpha value is -1.62. The lowest BCUT2D eigenvalue weighted by molar-refractivity contribution is -0.384. The number of nitro benzene ring substituents is 1. The molecule has 3 rings (SSSR count). The van der Waals surface area contributed by atoms with Crippen LogP contribution in [0.2, 0.25) is 0 Å². The summed E-state index contributed by atoms with van der Waals surface area (Å²) in [6.07, 6.45) is 4.61. The van der Waals surface area contributed by atoms with Crippen molar-refractivity contribution in [1.29, 1.82) is 0 Å². The molecule has 108 valence electrons. The molecule has 0 amide bonds. The molecule has 1 aromatic rings. The molecule has 2 aliphatic rings. The minimum atomic E-state index is -0.387. The van der Waals surface area contributed by atoms with E-state index in [1.807, 2.05) is 6.07 Å². The molecule has 1 aliphatic carbocycles. The van der Waals surface area contributed by atoms with Gasteiger partial charge in [-0.1, -0.05) is 19.4 Å². The summed E-state index contributed by atoms with van der Waals surface area (Å²) in [4.78, 5) is 10.6. The molecule has 1 saturated carbocycles. The quantitative estimate of drug-likeness (QED) is 0.384. The van der Waals surface area contributed by atoms with Gasteiger partial charge in [-0.05, 0) is 42.7 Å². The summed E-state index contributed by atoms with van der Waals surface area (Å²) in [5, 5.41) is 14.5. The van der Waals surface area contributed by atoms with Gasteiger partial charge in [-0.2, -0.15) is 0 Å².